The van der Waals surface area contributed by atoms with Crippen molar-refractivity contribution in [1.82, 2.24) is 5.32 Å². The Bertz CT molecular complexity index is 881. The monoisotopic (exact) mass is 372 g/mol. The molecule has 7 heteroatoms. The number of benzene rings is 2. The number of ether oxygens (including phenoxy) is 2. The fraction of sp³-hybridized carbons (Fsp3) is 0.158. The molecule has 3 rings (SSSR count). The zero-order valence-electron chi connectivity index (χ0n) is 14.3. The molecule has 2 aromatic carbocycles. The molecule has 2 aromatic rings. The lowest BCUT2D eigenvalue weighted by atomic mass is 10.1. The predicted octanol–water partition coefficient (Wildman–Crippen LogP) is 3.24. The molecule has 0 atom stereocenters. The Morgan fingerprint density at radius 2 is 1.92 bits per heavy atom. The van der Waals surface area contributed by atoms with Crippen molar-refractivity contribution in [1.29, 1.82) is 0 Å². The van der Waals surface area contributed by atoms with E-state index in [0.717, 1.165) is 11.1 Å². The molecule has 1 N–H and O–H groups in total. The molecule has 0 unspecified atom stereocenters. The molecule has 0 radical (unpaired) electrons. The van der Waals surface area contributed by atoms with Crippen LogP contribution in [0.25, 0.3) is 6.08 Å². The van der Waals surface area contributed by atoms with Gasteiger partial charge >= 0.3 is 0 Å². The van der Waals surface area contributed by atoms with Crippen LogP contribution in [0.15, 0.2) is 48.2 Å². The Labute approximate surface area is 156 Å². The minimum absolute atomic E-state index is 0.249. The molecule has 0 aromatic heterocycles. The third-order valence-corrected chi connectivity index (χ3v) is 4.16. The minimum atomic E-state index is -0.376. The fourth-order valence-electron chi connectivity index (χ4n) is 2.68. The maximum absolute atomic E-state index is 13.1. The van der Waals surface area contributed by atoms with E-state index in [1.807, 2.05) is 18.2 Å². The SMILES string of the molecule is COCc1cc(/C=C2/NC(=S)N(c3ccc(F)cc3)C2=O)ccc1OC. The molecule has 1 aliphatic heterocycles. The maximum Gasteiger partial charge on any atom is 0.281 e. The fourth-order valence-corrected chi connectivity index (χ4v) is 2.98. The van der Waals surface area contributed by atoms with E-state index in [0.29, 0.717) is 23.7 Å². The summed E-state index contributed by atoms with van der Waals surface area (Å²) in [4.78, 5) is 14.0. The normalized spacial score (nSPS) is 15.5. The first-order valence-corrected chi connectivity index (χ1v) is 8.23. The molecule has 1 fully saturated rings. The van der Waals surface area contributed by atoms with Crippen LogP contribution in [0.3, 0.4) is 0 Å². The highest BCUT2D eigenvalue weighted by Gasteiger charge is 2.31. The van der Waals surface area contributed by atoms with Gasteiger partial charge in [-0.1, -0.05) is 6.07 Å². The molecule has 0 bridgehead atoms. The van der Waals surface area contributed by atoms with E-state index >= 15 is 0 Å². The number of nitrogens with zero attached hydrogens (tertiary/aromatic N) is 1. The topological polar surface area (TPSA) is 50.8 Å². The zero-order chi connectivity index (χ0) is 18.7. The largest absolute Gasteiger partial charge is 0.496 e. The summed E-state index contributed by atoms with van der Waals surface area (Å²) in [6.07, 6.45) is 1.71. The summed E-state index contributed by atoms with van der Waals surface area (Å²) in [5.41, 5.74) is 2.52. The van der Waals surface area contributed by atoms with E-state index in [1.54, 1.807) is 20.3 Å². The van der Waals surface area contributed by atoms with Gasteiger partial charge in [0.05, 0.1) is 19.4 Å². The molecule has 0 aliphatic carbocycles. The molecule has 134 valence electrons. The van der Waals surface area contributed by atoms with Gasteiger partial charge in [0.15, 0.2) is 5.11 Å². The first kappa shape index (κ1) is 18.0. The van der Waals surface area contributed by atoms with Crippen molar-refractivity contribution in [3.63, 3.8) is 0 Å². The molecular weight excluding hydrogens is 355 g/mol. The molecule has 1 aliphatic rings. The van der Waals surface area contributed by atoms with Gasteiger partial charge in [-0.15, -0.1) is 0 Å². The lowest BCUT2D eigenvalue weighted by Gasteiger charge is -2.13. The van der Waals surface area contributed by atoms with Gasteiger partial charge < -0.3 is 14.8 Å². The molecule has 0 spiro atoms. The van der Waals surface area contributed by atoms with Gasteiger partial charge in [-0.25, -0.2) is 4.39 Å². The molecule has 5 nitrogen and oxygen atoms in total. The Kier molecular flexibility index (Phi) is 5.29. The molecule has 1 saturated heterocycles. The highest BCUT2D eigenvalue weighted by atomic mass is 32.1. The number of carbonyl (C=O) groups is 1. The van der Waals surface area contributed by atoms with Crippen molar-refractivity contribution in [3.05, 3.63) is 65.1 Å². The van der Waals surface area contributed by atoms with Crippen LogP contribution in [-0.4, -0.2) is 25.2 Å². The average molecular weight is 372 g/mol. The number of anilines is 1. The second kappa shape index (κ2) is 7.63. The van der Waals surface area contributed by atoms with Crippen LogP contribution in [0.2, 0.25) is 0 Å². The first-order chi connectivity index (χ1) is 12.5. The third-order valence-electron chi connectivity index (χ3n) is 3.88. The Morgan fingerprint density at radius 3 is 2.58 bits per heavy atom. The molecule has 0 saturated carbocycles. The maximum atomic E-state index is 13.1. The summed E-state index contributed by atoms with van der Waals surface area (Å²) >= 11 is 5.25. The van der Waals surface area contributed by atoms with Crippen LogP contribution in [0, 0.1) is 5.82 Å². The molecular formula is C19H17FN2O3S. The van der Waals surface area contributed by atoms with Gasteiger partial charge in [-0.2, -0.15) is 0 Å². The van der Waals surface area contributed by atoms with Gasteiger partial charge in [0.1, 0.15) is 17.3 Å². The summed E-state index contributed by atoms with van der Waals surface area (Å²) in [6, 6.07) is 11.1. The standard InChI is InChI=1S/C19H17FN2O3S/c1-24-11-13-9-12(3-8-17(13)25-2)10-16-18(23)22(19(26)21-16)15-6-4-14(20)5-7-15/h3-10H,11H2,1-2H3,(H,21,26)/b16-10+. The molecule has 1 heterocycles. The van der Waals surface area contributed by atoms with Crippen LogP contribution in [-0.2, 0) is 16.1 Å². The van der Waals surface area contributed by atoms with Crippen molar-refractivity contribution in [2.24, 2.45) is 0 Å². The number of hydrogen-bond acceptors (Lipinski definition) is 4. The summed E-state index contributed by atoms with van der Waals surface area (Å²) < 4.78 is 23.6. The zero-order valence-corrected chi connectivity index (χ0v) is 15.1. The molecule has 26 heavy (non-hydrogen) atoms. The van der Waals surface area contributed by atoms with Crippen LogP contribution in [0.4, 0.5) is 10.1 Å². The van der Waals surface area contributed by atoms with Crippen molar-refractivity contribution in [3.8, 4) is 5.75 Å². The van der Waals surface area contributed by atoms with E-state index in [-0.39, 0.29) is 16.8 Å². The van der Waals surface area contributed by atoms with E-state index in [4.69, 9.17) is 21.7 Å². The van der Waals surface area contributed by atoms with E-state index in [1.165, 1.54) is 29.2 Å². The number of amides is 1. The number of hydrogen-bond donors (Lipinski definition) is 1. The van der Waals surface area contributed by atoms with Crippen LogP contribution in [0.1, 0.15) is 11.1 Å². The molecule has 1 amide bonds. The van der Waals surface area contributed by atoms with Gasteiger partial charge in [0.25, 0.3) is 5.91 Å². The number of carbonyl (C=O) groups excluding carboxylic acids is 1. The van der Waals surface area contributed by atoms with Gasteiger partial charge in [-0.05, 0) is 60.3 Å². The Morgan fingerprint density at radius 1 is 1.19 bits per heavy atom. The average Bonchev–Trinajstić information content (AvgIpc) is 2.90. The summed E-state index contributed by atoms with van der Waals surface area (Å²) in [5, 5.41) is 3.16. The number of halogens is 1. The van der Waals surface area contributed by atoms with Crippen molar-refractivity contribution >= 4 is 35.0 Å². The highest BCUT2D eigenvalue weighted by Crippen LogP contribution is 2.25. The number of thiocarbonyl (C=S) groups is 1. The second-order valence-corrected chi connectivity index (χ2v) is 6.00. The van der Waals surface area contributed by atoms with Gasteiger partial charge in [0, 0.05) is 12.7 Å². The van der Waals surface area contributed by atoms with Crippen molar-refractivity contribution in [2.45, 2.75) is 6.61 Å². The predicted molar refractivity (Wildman–Crippen MR) is 101 cm³/mol. The first-order valence-electron chi connectivity index (χ1n) is 7.82. The van der Waals surface area contributed by atoms with E-state index in [9.17, 15) is 9.18 Å². The Balaban J connectivity index is 1.90. The second-order valence-electron chi connectivity index (χ2n) is 5.61. The van der Waals surface area contributed by atoms with Crippen molar-refractivity contribution < 1.29 is 18.7 Å². The van der Waals surface area contributed by atoms with Gasteiger partial charge in [-0.3, -0.25) is 9.69 Å². The summed E-state index contributed by atoms with van der Waals surface area (Å²) in [7, 11) is 3.19. The lowest BCUT2D eigenvalue weighted by Crippen LogP contribution is -2.30. The van der Waals surface area contributed by atoms with Crippen molar-refractivity contribution in [2.75, 3.05) is 19.1 Å². The van der Waals surface area contributed by atoms with Crippen LogP contribution in [0.5, 0.6) is 5.75 Å². The summed E-state index contributed by atoms with van der Waals surface area (Å²) in [5.74, 6) is 0.0350. The third kappa shape index (κ3) is 3.58. The number of rotatable bonds is 5. The quantitative estimate of drug-likeness (QED) is 0.645. The van der Waals surface area contributed by atoms with E-state index < -0.39 is 0 Å². The number of nitrogens with one attached hydrogen (secondary N) is 1. The summed E-state index contributed by atoms with van der Waals surface area (Å²) in [6.45, 7) is 0.391. The minimum Gasteiger partial charge on any atom is -0.496 e. The van der Waals surface area contributed by atoms with Crippen LogP contribution < -0.4 is 15.0 Å². The Hall–Kier alpha value is -2.77. The van der Waals surface area contributed by atoms with Crippen LogP contribution >= 0.6 is 12.2 Å². The van der Waals surface area contributed by atoms with E-state index in [2.05, 4.69) is 5.32 Å². The lowest BCUT2D eigenvalue weighted by molar-refractivity contribution is -0.113. The highest BCUT2D eigenvalue weighted by molar-refractivity contribution is 7.80. The number of methoxy groups -OCH3 is 2. The smallest absolute Gasteiger partial charge is 0.281 e. The van der Waals surface area contributed by atoms with Gasteiger partial charge in [0.2, 0.25) is 0 Å².